The predicted octanol–water partition coefficient (Wildman–Crippen LogP) is 8.05. The fourth-order valence-corrected chi connectivity index (χ4v) is 5.60. The van der Waals surface area contributed by atoms with Crippen molar-refractivity contribution in [2.24, 2.45) is 0 Å². The molecule has 4 rings (SSSR count). The highest BCUT2D eigenvalue weighted by Gasteiger charge is 2.14. The molecule has 1 aliphatic rings. The van der Waals surface area contributed by atoms with Crippen LogP contribution in [0.25, 0.3) is 0 Å². The van der Waals surface area contributed by atoms with E-state index in [1.54, 1.807) is 0 Å². The molecule has 1 fully saturated rings. The Bertz CT molecular complexity index is 1000. The number of benzene rings is 3. The van der Waals surface area contributed by atoms with Crippen LogP contribution in [0.5, 0.6) is 5.75 Å². The zero-order valence-electron chi connectivity index (χ0n) is 17.2. The van der Waals surface area contributed by atoms with Gasteiger partial charge in [0.25, 0.3) is 0 Å². The first-order chi connectivity index (χ1) is 15.1. The first kappa shape index (κ1) is 22.5. The van der Waals surface area contributed by atoms with Crippen molar-refractivity contribution in [3.63, 3.8) is 0 Å². The van der Waals surface area contributed by atoms with Gasteiger partial charge in [-0.3, -0.25) is 0 Å². The topological polar surface area (TPSA) is 24.5 Å². The summed E-state index contributed by atoms with van der Waals surface area (Å²) in [6, 6.07) is 20.6. The summed E-state index contributed by atoms with van der Waals surface area (Å²) >= 11 is 13.9. The van der Waals surface area contributed by atoms with Gasteiger partial charge >= 0.3 is 0 Å². The lowest BCUT2D eigenvalue weighted by Crippen LogP contribution is -2.29. The average Bonchev–Trinajstić information content (AvgIpc) is 2.78. The highest BCUT2D eigenvalue weighted by Crippen LogP contribution is 2.36. The van der Waals surface area contributed by atoms with Crippen LogP contribution in [0.3, 0.4) is 0 Å². The Morgan fingerprint density at radius 3 is 2.26 bits per heavy atom. The third kappa shape index (κ3) is 5.97. The fraction of sp³-hybridized carbons (Fsp3) is 0.280. The van der Waals surface area contributed by atoms with Gasteiger partial charge in [-0.25, -0.2) is 0 Å². The van der Waals surface area contributed by atoms with Gasteiger partial charge in [-0.2, -0.15) is 0 Å². The molecule has 1 aliphatic heterocycles. The molecule has 3 aromatic rings. The van der Waals surface area contributed by atoms with Crippen LogP contribution in [0.2, 0.25) is 5.02 Å². The summed E-state index contributed by atoms with van der Waals surface area (Å²) in [6.45, 7) is 3.40. The molecular formula is C25H25Br2ClN2O. The standard InChI is InChI=1S/C25H25Br2ClN2O/c26-21-13-19(14-22(27)25(21)31-17-18-7-3-1-4-8-18)16-29-20-9-10-24(23(28)15-20)30-11-5-2-6-12-30/h1,3-4,7-10,13-15,29H,2,5-6,11-12,16-17H2. The number of rotatable bonds is 7. The highest BCUT2D eigenvalue weighted by molar-refractivity contribution is 9.11. The minimum Gasteiger partial charge on any atom is -0.487 e. The summed E-state index contributed by atoms with van der Waals surface area (Å²) in [7, 11) is 0. The van der Waals surface area contributed by atoms with Crippen molar-refractivity contribution in [3.05, 3.63) is 85.8 Å². The summed E-state index contributed by atoms with van der Waals surface area (Å²) in [5, 5.41) is 4.28. The maximum atomic E-state index is 6.59. The zero-order valence-corrected chi connectivity index (χ0v) is 21.1. The molecule has 0 unspecified atom stereocenters. The van der Waals surface area contributed by atoms with Gasteiger partial charge in [0.15, 0.2) is 0 Å². The van der Waals surface area contributed by atoms with Gasteiger partial charge in [0.05, 0.1) is 19.7 Å². The van der Waals surface area contributed by atoms with E-state index in [0.717, 1.165) is 55.3 Å². The molecule has 0 aliphatic carbocycles. The van der Waals surface area contributed by atoms with Gasteiger partial charge in [-0.1, -0.05) is 41.9 Å². The molecule has 1 N–H and O–H groups in total. The van der Waals surface area contributed by atoms with Crippen molar-refractivity contribution >= 4 is 54.8 Å². The Balaban J connectivity index is 1.38. The first-order valence-corrected chi connectivity index (χ1v) is 12.5. The van der Waals surface area contributed by atoms with Crippen LogP contribution in [0, 0.1) is 0 Å². The lowest BCUT2D eigenvalue weighted by atomic mass is 10.1. The number of anilines is 2. The Labute approximate surface area is 206 Å². The Morgan fingerprint density at radius 2 is 1.58 bits per heavy atom. The van der Waals surface area contributed by atoms with Crippen molar-refractivity contribution in [2.75, 3.05) is 23.3 Å². The molecule has 3 aromatic carbocycles. The maximum Gasteiger partial charge on any atom is 0.148 e. The molecule has 162 valence electrons. The lowest BCUT2D eigenvalue weighted by Gasteiger charge is -2.29. The summed E-state index contributed by atoms with van der Waals surface area (Å²) in [5.41, 5.74) is 4.43. The second-order valence-electron chi connectivity index (χ2n) is 7.73. The third-order valence-corrected chi connectivity index (χ3v) is 6.91. The van der Waals surface area contributed by atoms with Crippen LogP contribution >= 0.6 is 43.5 Å². The number of nitrogens with zero attached hydrogens (tertiary/aromatic N) is 1. The SMILES string of the molecule is Clc1cc(NCc2cc(Br)c(OCc3ccccc3)c(Br)c2)ccc1N1CCCCC1. The van der Waals surface area contributed by atoms with E-state index in [-0.39, 0.29) is 0 Å². The molecule has 0 bridgehead atoms. The van der Waals surface area contributed by atoms with E-state index in [4.69, 9.17) is 16.3 Å². The molecular weight excluding hydrogens is 540 g/mol. The van der Waals surface area contributed by atoms with E-state index >= 15 is 0 Å². The summed E-state index contributed by atoms with van der Waals surface area (Å²) in [5.74, 6) is 0.807. The van der Waals surface area contributed by atoms with Crippen LogP contribution in [0.15, 0.2) is 69.6 Å². The molecule has 31 heavy (non-hydrogen) atoms. The van der Waals surface area contributed by atoms with E-state index in [0.29, 0.717) is 13.2 Å². The second kappa shape index (κ2) is 10.8. The monoisotopic (exact) mass is 562 g/mol. The summed E-state index contributed by atoms with van der Waals surface area (Å²) in [4.78, 5) is 2.39. The minimum absolute atomic E-state index is 0.525. The van der Waals surface area contributed by atoms with Crippen LogP contribution < -0.4 is 15.0 Å². The van der Waals surface area contributed by atoms with Crippen molar-refractivity contribution in [2.45, 2.75) is 32.4 Å². The normalized spacial score (nSPS) is 13.8. The molecule has 1 heterocycles. The maximum absolute atomic E-state index is 6.59. The molecule has 0 aromatic heterocycles. The summed E-state index contributed by atoms with van der Waals surface area (Å²) in [6.07, 6.45) is 3.80. The first-order valence-electron chi connectivity index (χ1n) is 10.5. The van der Waals surface area contributed by atoms with Gasteiger partial charge in [-0.15, -0.1) is 0 Å². The number of ether oxygens (including phenoxy) is 1. The van der Waals surface area contributed by atoms with E-state index in [1.807, 2.05) is 24.3 Å². The molecule has 0 saturated carbocycles. The largest absolute Gasteiger partial charge is 0.487 e. The molecule has 3 nitrogen and oxygen atoms in total. The smallest absolute Gasteiger partial charge is 0.148 e. The van der Waals surface area contributed by atoms with Gasteiger partial charge in [-0.05, 0) is 92.6 Å². The molecule has 0 amide bonds. The number of nitrogens with one attached hydrogen (secondary N) is 1. The number of hydrogen-bond acceptors (Lipinski definition) is 3. The Morgan fingerprint density at radius 1 is 0.871 bits per heavy atom. The van der Waals surface area contributed by atoms with Crippen molar-refractivity contribution < 1.29 is 4.74 Å². The number of halogens is 3. The third-order valence-electron chi connectivity index (χ3n) is 5.43. The lowest BCUT2D eigenvalue weighted by molar-refractivity contribution is 0.302. The van der Waals surface area contributed by atoms with Crippen LogP contribution in [-0.4, -0.2) is 13.1 Å². The summed E-state index contributed by atoms with van der Waals surface area (Å²) < 4.78 is 7.87. The second-order valence-corrected chi connectivity index (χ2v) is 9.85. The van der Waals surface area contributed by atoms with Gasteiger partial charge in [0.2, 0.25) is 0 Å². The quantitative estimate of drug-likeness (QED) is 0.314. The van der Waals surface area contributed by atoms with Gasteiger partial charge < -0.3 is 15.0 Å². The van der Waals surface area contributed by atoms with Crippen LogP contribution in [0.4, 0.5) is 11.4 Å². The van der Waals surface area contributed by atoms with E-state index in [1.165, 1.54) is 19.3 Å². The molecule has 0 radical (unpaired) electrons. The number of piperidine rings is 1. The fourth-order valence-electron chi connectivity index (χ4n) is 3.79. The highest BCUT2D eigenvalue weighted by atomic mass is 79.9. The predicted molar refractivity (Wildman–Crippen MR) is 137 cm³/mol. The molecule has 6 heteroatoms. The van der Waals surface area contributed by atoms with Gasteiger partial charge in [0.1, 0.15) is 12.4 Å². The Kier molecular flexibility index (Phi) is 7.81. The zero-order chi connectivity index (χ0) is 21.6. The molecule has 1 saturated heterocycles. The van der Waals surface area contributed by atoms with E-state index < -0.39 is 0 Å². The minimum atomic E-state index is 0.525. The van der Waals surface area contributed by atoms with E-state index in [2.05, 4.69) is 78.5 Å². The van der Waals surface area contributed by atoms with Crippen molar-refractivity contribution in [1.29, 1.82) is 0 Å². The van der Waals surface area contributed by atoms with Crippen LogP contribution in [-0.2, 0) is 13.2 Å². The van der Waals surface area contributed by atoms with Crippen LogP contribution in [0.1, 0.15) is 30.4 Å². The molecule has 0 atom stereocenters. The van der Waals surface area contributed by atoms with Gasteiger partial charge in [0, 0.05) is 25.3 Å². The average molecular weight is 565 g/mol. The van der Waals surface area contributed by atoms with Crippen molar-refractivity contribution in [3.8, 4) is 5.75 Å². The Hall–Kier alpha value is -1.69. The van der Waals surface area contributed by atoms with Crippen molar-refractivity contribution in [1.82, 2.24) is 0 Å². The molecule has 0 spiro atoms. The number of hydrogen-bond donors (Lipinski definition) is 1. The van der Waals surface area contributed by atoms with E-state index in [9.17, 15) is 0 Å².